The van der Waals surface area contributed by atoms with Crippen molar-refractivity contribution >= 4 is 34.1 Å². The Labute approximate surface area is 189 Å². The van der Waals surface area contributed by atoms with Crippen LogP contribution in [0.4, 0.5) is 11.4 Å². The van der Waals surface area contributed by atoms with Crippen LogP contribution in [0.3, 0.4) is 0 Å². The molecule has 3 aromatic carbocycles. The minimum absolute atomic E-state index is 0.148. The van der Waals surface area contributed by atoms with Crippen LogP contribution in [0.15, 0.2) is 77.6 Å². The number of nitrogens with zero attached hydrogens (tertiary/aromatic N) is 2. The molecule has 0 aliphatic heterocycles. The third-order valence-electron chi connectivity index (χ3n) is 4.88. The molecule has 8 heteroatoms. The van der Waals surface area contributed by atoms with Crippen LogP contribution in [0, 0.1) is 6.92 Å². The average molecular weight is 442 g/mol. The van der Waals surface area contributed by atoms with Crippen LogP contribution in [0.25, 0.3) is 16.6 Å². The number of fused-ring (bicyclic) bond motifs is 1. The molecule has 0 radical (unpaired) electrons. The van der Waals surface area contributed by atoms with Gasteiger partial charge in [0.15, 0.2) is 6.61 Å². The van der Waals surface area contributed by atoms with Crippen LogP contribution in [0.1, 0.15) is 12.7 Å². The van der Waals surface area contributed by atoms with E-state index in [1.54, 1.807) is 66.1 Å². The lowest BCUT2D eigenvalue weighted by Crippen LogP contribution is -2.22. The fourth-order valence-electron chi connectivity index (χ4n) is 3.45. The van der Waals surface area contributed by atoms with Crippen molar-refractivity contribution in [1.29, 1.82) is 0 Å². The molecule has 166 valence electrons. The van der Waals surface area contributed by atoms with Gasteiger partial charge < -0.3 is 15.4 Å². The van der Waals surface area contributed by atoms with E-state index in [1.165, 1.54) is 6.92 Å². The molecule has 0 saturated carbocycles. The third-order valence-corrected chi connectivity index (χ3v) is 4.88. The van der Waals surface area contributed by atoms with Crippen molar-refractivity contribution in [1.82, 2.24) is 9.55 Å². The number of hydrogen-bond acceptors (Lipinski definition) is 5. The number of nitrogens with one attached hydrogen (secondary N) is 2. The Balaban J connectivity index is 1.43. The van der Waals surface area contributed by atoms with Gasteiger partial charge in [-0.3, -0.25) is 19.0 Å². The number of para-hydroxylation sites is 1. The molecule has 1 heterocycles. The quantitative estimate of drug-likeness (QED) is 0.474. The highest BCUT2D eigenvalue weighted by Gasteiger charge is 2.10. The van der Waals surface area contributed by atoms with E-state index in [4.69, 9.17) is 4.74 Å². The summed E-state index contributed by atoms with van der Waals surface area (Å²) in [5, 5.41) is 5.96. The van der Waals surface area contributed by atoms with E-state index < -0.39 is 0 Å². The van der Waals surface area contributed by atoms with Crippen LogP contribution in [0.2, 0.25) is 0 Å². The highest BCUT2D eigenvalue weighted by atomic mass is 16.5. The number of ether oxygens (including phenoxy) is 1. The highest BCUT2D eigenvalue weighted by Crippen LogP contribution is 2.18. The van der Waals surface area contributed by atoms with E-state index in [9.17, 15) is 14.4 Å². The van der Waals surface area contributed by atoms with Gasteiger partial charge in [0.2, 0.25) is 5.91 Å². The van der Waals surface area contributed by atoms with E-state index in [0.29, 0.717) is 39.5 Å². The summed E-state index contributed by atoms with van der Waals surface area (Å²) in [4.78, 5) is 40.9. The zero-order chi connectivity index (χ0) is 23.4. The SMILES string of the molecule is CC(=O)Nc1cccc(OCC(=O)Nc2ccc(-n3c(C)nc4ccccc4c3=O)cc2)c1. The number of aryl methyl sites for hydroxylation is 1. The van der Waals surface area contributed by atoms with Crippen LogP contribution >= 0.6 is 0 Å². The first kappa shape index (κ1) is 21.8. The first-order chi connectivity index (χ1) is 15.9. The standard InChI is InChI=1S/C25H22N4O4/c1-16-26-23-9-4-3-8-22(23)25(32)29(16)20-12-10-18(11-13-20)28-24(31)15-33-21-7-5-6-19(14-21)27-17(2)30/h3-14H,15H2,1-2H3,(H,27,30)(H,28,31). The first-order valence-corrected chi connectivity index (χ1v) is 10.3. The van der Waals surface area contributed by atoms with Gasteiger partial charge in [-0.15, -0.1) is 0 Å². The van der Waals surface area contributed by atoms with Crippen molar-refractivity contribution in [3.63, 3.8) is 0 Å². The zero-order valence-electron chi connectivity index (χ0n) is 18.2. The molecule has 1 aromatic heterocycles. The molecule has 0 spiro atoms. The van der Waals surface area contributed by atoms with Crippen LogP contribution in [-0.2, 0) is 9.59 Å². The summed E-state index contributed by atoms with van der Waals surface area (Å²) in [6.07, 6.45) is 0. The molecule has 0 atom stereocenters. The Kier molecular flexibility index (Phi) is 6.17. The summed E-state index contributed by atoms with van der Waals surface area (Å²) in [5.74, 6) is 0.509. The van der Waals surface area contributed by atoms with Crippen LogP contribution in [0.5, 0.6) is 5.75 Å². The molecule has 0 fully saturated rings. The summed E-state index contributed by atoms with van der Waals surface area (Å²) in [5.41, 5.74) is 2.32. The maximum atomic E-state index is 12.9. The number of hydrogen-bond donors (Lipinski definition) is 2. The summed E-state index contributed by atoms with van der Waals surface area (Å²) in [7, 11) is 0. The number of rotatable bonds is 6. The molecule has 0 unspecified atom stereocenters. The smallest absolute Gasteiger partial charge is 0.265 e. The molecule has 0 bridgehead atoms. The van der Waals surface area contributed by atoms with Crippen LogP contribution < -0.4 is 20.9 Å². The molecular formula is C25H22N4O4. The predicted octanol–water partition coefficient (Wildman–Crippen LogP) is 3.67. The molecule has 4 rings (SSSR count). The van der Waals surface area contributed by atoms with E-state index in [-0.39, 0.29) is 24.0 Å². The fourth-order valence-corrected chi connectivity index (χ4v) is 3.45. The second kappa shape index (κ2) is 9.35. The normalized spacial score (nSPS) is 10.6. The molecule has 2 N–H and O–H groups in total. The molecule has 0 saturated heterocycles. The van der Waals surface area contributed by atoms with E-state index in [0.717, 1.165) is 0 Å². The summed E-state index contributed by atoms with van der Waals surface area (Å²) in [6, 6.07) is 20.9. The van der Waals surface area contributed by atoms with Gasteiger partial charge in [0, 0.05) is 24.4 Å². The Morgan fingerprint density at radius 1 is 0.939 bits per heavy atom. The van der Waals surface area contributed by atoms with Crippen molar-refractivity contribution < 1.29 is 14.3 Å². The molecular weight excluding hydrogens is 420 g/mol. The predicted molar refractivity (Wildman–Crippen MR) is 127 cm³/mol. The molecule has 4 aromatic rings. The molecule has 0 aliphatic carbocycles. The monoisotopic (exact) mass is 442 g/mol. The lowest BCUT2D eigenvalue weighted by Gasteiger charge is -2.12. The van der Waals surface area contributed by atoms with Crippen molar-refractivity contribution in [2.24, 2.45) is 0 Å². The molecule has 8 nitrogen and oxygen atoms in total. The zero-order valence-corrected chi connectivity index (χ0v) is 18.2. The second-order valence-corrected chi connectivity index (χ2v) is 7.41. The number of benzene rings is 3. The Morgan fingerprint density at radius 3 is 2.45 bits per heavy atom. The van der Waals surface area contributed by atoms with Crippen molar-refractivity contribution in [3.8, 4) is 11.4 Å². The molecule has 2 amide bonds. The van der Waals surface area contributed by atoms with Gasteiger partial charge in [0.25, 0.3) is 11.5 Å². The summed E-state index contributed by atoms with van der Waals surface area (Å²) in [6.45, 7) is 3.00. The average Bonchev–Trinajstić information content (AvgIpc) is 2.79. The van der Waals surface area contributed by atoms with Crippen molar-refractivity contribution in [2.75, 3.05) is 17.2 Å². The Morgan fingerprint density at radius 2 is 1.70 bits per heavy atom. The lowest BCUT2D eigenvalue weighted by molar-refractivity contribution is -0.118. The van der Waals surface area contributed by atoms with Gasteiger partial charge in [-0.05, 0) is 55.5 Å². The van der Waals surface area contributed by atoms with Crippen molar-refractivity contribution in [3.05, 3.63) is 89.0 Å². The largest absolute Gasteiger partial charge is 0.484 e. The van der Waals surface area contributed by atoms with Gasteiger partial charge in [-0.1, -0.05) is 18.2 Å². The third kappa shape index (κ3) is 5.07. The molecule has 33 heavy (non-hydrogen) atoms. The molecule has 0 aliphatic rings. The summed E-state index contributed by atoms with van der Waals surface area (Å²) >= 11 is 0. The summed E-state index contributed by atoms with van der Waals surface area (Å²) < 4.78 is 7.05. The van der Waals surface area contributed by atoms with Gasteiger partial charge in [-0.2, -0.15) is 0 Å². The second-order valence-electron chi connectivity index (χ2n) is 7.41. The van der Waals surface area contributed by atoms with Crippen molar-refractivity contribution in [2.45, 2.75) is 13.8 Å². The van der Waals surface area contributed by atoms with Gasteiger partial charge in [0.05, 0.1) is 16.6 Å². The van der Waals surface area contributed by atoms with Gasteiger partial charge in [0.1, 0.15) is 11.6 Å². The van der Waals surface area contributed by atoms with E-state index in [1.807, 2.05) is 18.2 Å². The maximum Gasteiger partial charge on any atom is 0.265 e. The van der Waals surface area contributed by atoms with E-state index >= 15 is 0 Å². The minimum Gasteiger partial charge on any atom is -0.484 e. The van der Waals surface area contributed by atoms with Crippen LogP contribution in [-0.4, -0.2) is 28.0 Å². The lowest BCUT2D eigenvalue weighted by atomic mass is 10.2. The van der Waals surface area contributed by atoms with Gasteiger partial charge in [-0.25, -0.2) is 4.98 Å². The number of anilines is 2. The number of carbonyl (C=O) groups excluding carboxylic acids is 2. The number of amides is 2. The van der Waals surface area contributed by atoms with E-state index in [2.05, 4.69) is 15.6 Å². The maximum absolute atomic E-state index is 12.9. The first-order valence-electron chi connectivity index (χ1n) is 10.3. The highest BCUT2D eigenvalue weighted by molar-refractivity contribution is 5.92. The Bertz CT molecular complexity index is 1390. The Hall–Kier alpha value is -4.46. The number of aromatic nitrogens is 2. The number of carbonyl (C=O) groups is 2. The minimum atomic E-state index is -0.339. The fraction of sp³-hybridized carbons (Fsp3) is 0.120. The topological polar surface area (TPSA) is 102 Å². The van der Waals surface area contributed by atoms with Gasteiger partial charge >= 0.3 is 0 Å².